The summed E-state index contributed by atoms with van der Waals surface area (Å²) in [7, 11) is 0. The second kappa shape index (κ2) is 8.30. The number of nitrogens with one attached hydrogen (secondary N) is 1. The summed E-state index contributed by atoms with van der Waals surface area (Å²) in [4.78, 5) is 14.8. The molecule has 134 valence electrons. The fourth-order valence-corrected chi connectivity index (χ4v) is 3.41. The Labute approximate surface area is 149 Å². The molecule has 1 amide bonds. The molecule has 25 heavy (non-hydrogen) atoms. The van der Waals surface area contributed by atoms with Gasteiger partial charge in [0.05, 0.1) is 18.2 Å². The third-order valence-electron chi connectivity index (χ3n) is 4.95. The van der Waals surface area contributed by atoms with Crippen LogP contribution in [0, 0.1) is 12.8 Å². The van der Waals surface area contributed by atoms with E-state index in [4.69, 9.17) is 4.52 Å². The van der Waals surface area contributed by atoms with Gasteiger partial charge in [-0.3, -0.25) is 9.69 Å². The van der Waals surface area contributed by atoms with Crippen molar-refractivity contribution >= 4 is 5.91 Å². The SMILES string of the molecule is Cc1cc(CC(=O)NC[C@H](c2ccccc2)N2CCC(C)CC2)no1. The summed E-state index contributed by atoms with van der Waals surface area (Å²) in [5, 5.41) is 6.98. The highest BCUT2D eigenvalue weighted by molar-refractivity contribution is 5.78. The van der Waals surface area contributed by atoms with Crippen molar-refractivity contribution in [2.45, 2.75) is 39.2 Å². The van der Waals surface area contributed by atoms with Crippen molar-refractivity contribution in [3.05, 3.63) is 53.4 Å². The van der Waals surface area contributed by atoms with Crippen LogP contribution in [0.2, 0.25) is 0 Å². The van der Waals surface area contributed by atoms with E-state index in [0.717, 1.165) is 24.8 Å². The first-order valence-corrected chi connectivity index (χ1v) is 9.09. The van der Waals surface area contributed by atoms with E-state index < -0.39 is 0 Å². The number of piperidine rings is 1. The largest absolute Gasteiger partial charge is 0.361 e. The molecule has 0 radical (unpaired) electrons. The average Bonchev–Trinajstić information content (AvgIpc) is 3.02. The summed E-state index contributed by atoms with van der Waals surface area (Å²) >= 11 is 0. The normalized spacial score (nSPS) is 17.4. The van der Waals surface area contributed by atoms with E-state index in [1.807, 2.05) is 13.0 Å². The molecule has 2 heterocycles. The lowest BCUT2D eigenvalue weighted by atomic mass is 9.95. The van der Waals surface area contributed by atoms with Crippen molar-refractivity contribution < 1.29 is 9.32 Å². The van der Waals surface area contributed by atoms with E-state index in [-0.39, 0.29) is 18.4 Å². The van der Waals surface area contributed by atoms with Crippen LogP contribution in [-0.2, 0) is 11.2 Å². The Morgan fingerprint density at radius 2 is 2.04 bits per heavy atom. The predicted octanol–water partition coefficient (Wildman–Crippen LogP) is 3.11. The molecule has 1 N–H and O–H groups in total. The Kier molecular flexibility index (Phi) is 5.87. The smallest absolute Gasteiger partial charge is 0.226 e. The third kappa shape index (κ3) is 4.92. The summed E-state index contributed by atoms with van der Waals surface area (Å²) in [5.41, 5.74) is 1.94. The monoisotopic (exact) mass is 341 g/mol. The van der Waals surface area contributed by atoms with Gasteiger partial charge in [-0.2, -0.15) is 0 Å². The predicted molar refractivity (Wildman–Crippen MR) is 97.1 cm³/mol. The highest BCUT2D eigenvalue weighted by Crippen LogP contribution is 2.26. The molecule has 1 aliphatic heterocycles. The maximum atomic E-state index is 12.3. The van der Waals surface area contributed by atoms with E-state index in [1.54, 1.807) is 6.07 Å². The van der Waals surface area contributed by atoms with Crippen LogP contribution in [0.1, 0.15) is 42.8 Å². The summed E-state index contributed by atoms with van der Waals surface area (Å²) in [6.07, 6.45) is 2.70. The topological polar surface area (TPSA) is 58.4 Å². The maximum absolute atomic E-state index is 12.3. The molecular weight excluding hydrogens is 314 g/mol. The van der Waals surface area contributed by atoms with Crippen LogP contribution >= 0.6 is 0 Å². The Hall–Kier alpha value is -2.14. The molecule has 2 aromatic rings. The quantitative estimate of drug-likeness (QED) is 0.877. The Morgan fingerprint density at radius 1 is 1.32 bits per heavy atom. The molecular formula is C20H27N3O2. The molecule has 5 nitrogen and oxygen atoms in total. The second-order valence-electron chi connectivity index (χ2n) is 7.05. The number of aryl methyl sites for hydroxylation is 1. The van der Waals surface area contributed by atoms with E-state index in [1.165, 1.54) is 18.4 Å². The molecule has 0 spiro atoms. The number of hydrogen-bond donors (Lipinski definition) is 1. The number of amides is 1. The highest BCUT2D eigenvalue weighted by atomic mass is 16.5. The number of nitrogens with zero attached hydrogens (tertiary/aromatic N) is 2. The Morgan fingerprint density at radius 3 is 2.68 bits per heavy atom. The van der Waals surface area contributed by atoms with Gasteiger partial charge in [-0.15, -0.1) is 0 Å². The molecule has 1 aromatic heterocycles. The van der Waals surface area contributed by atoms with E-state index in [2.05, 4.69) is 46.6 Å². The fourth-order valence-electron chi connectivity index (χ4n) is 3.41. The first-order chi connectivity index (χ1) is 12.1. The molecule has 1 aromatic carbocycles. The molecule has 0 saturated carbocycles. The van der Waals surface area contributed by atoms with Crippen molar-refractivity contribution in [1.82, 2.24) is 15.4 Å². The van der Waals surface area contributed by atoms with Gasteiger partial charge in [0.25, 0.3) is 0 Å². The van der Waals surface area contributed by atoms with Gasteiger partial charge in [-0.25, -0.2) is 0 Å². The molecule has 0 aliphatic carbocycles. The molecule has 1 atom stereocenters. The van der Waals surface area contributed by atoms with E-state index >= 15 is 0 Å². The van der Waals surface area contributed by atoms with Gasteiger partial charge in [-0.05, 0) is 44.3 Å². The maximum Gasteiger partial charge on any atom is 0.226 e. The molecule has 0 unspecified atom stereocenters. The number of benzene rings is 1. The lowest BCUT2D eigenvalue weighted by molar-refractivity contribution is -0.120. The minimum atomic E-state index is -0.0143. The van der Waals surface area contributed by atoms with Crippen molar-refractivity contribution in [1.29, 1.82) is 0 Å². The minimum absolute atomic E-state index is 0.0143. The number of carbonyl (C=O) groups is 1. The number of carbonyl (C=O) groups excluding carboxylic acids is 1. The molecule has 1 saturated heterocycles. The molecule has 3 rings (SSSR count). The van der Waals surface area contributed by atoms with Crippen molar-refractivity contribution in [2.24, 2.45) is 5.92 Å². The van der Waals surface area contributed by atoms with Crippen LogP contribution in [0.25, 0.3) is 0 Å². The molecule has 0 bridgehead atoms. The Bertz CT molecular complexity index is 675. The van der Waals surface area contributed by atoms with Gasteiger partial charge < -0.3 is 9.84 Å². The third-order valence-corrected chi connectivity index (χ3v) is 4.95. The first-order valence-electron chi connectivity index (χ1n) is 9.09. The van der Waals surface area contributed by atoms with Crippen molar-refractivity contribution in [3.8, 4) is 0 Å². The van der Waals surface area contributed by atoms with Gasteiger partial charge >= 0.3 is 0 Å². The number of rotatable bonds is 6. The van der Waals surface area contributed by atoms with Gasteiger partial charge in [0.2, 0.25) is 5.91 Å². The zero-order valence-electron chi connectivity index (χ0n) is 15.1. The summed E-state index contributed by atoms with van der Waals surface area (Å²) in [6.45, 7) is 6.93. The number of aromatic nitrogens is 1. The van der Waals surface area contributed by atoms with Crippen LogP contribution in [0.4, 0.5) is 0 Å². The molecule has 1 aliphatic rings. The molecule has 5 heteroatoms. The van der Waals surface area contributed by atoms with Crippen LogP contribution in [0.15, 0.2) is 40.9 Å². The van der Waals surface area contributed by atoms with Gasteiger partial charge in [0.1, 0.15) is 5.76 Å². The number of hydrogen-bond acceptors (Lipinski definition) is 4. The standard InChI is InChI=1S/C20H27N3O2/c1-15-8-10-23(11-9-15)19(17-6-4-3-5-7-17)14-21-20(24)13-18-12-16(2)25-22-18/h3-7,12,15,19H,8-11,13-14H2,1-2H3,(H,21,24)/t19-/m1/s1. The minimum Gasteiger partial charge on any atom is -0.361 e. The van der Waals surface area contributed by atoms with E-state index in [9.17, 15) is 4.79 Å². The zero-order valence-corrected chi connectivity index (χ0v) is 15.1. The fraction of sp³-hybridized carbons (Fsp3) is 0.500. The van der Waals surface area contributed by atoms with Gasteiger partial charge in [0.15, 0.2) is 0 Å². The van der Waals surface area contributed by atoms with Crippen molar-refractivity contribution in [2.75, 3.05) is 19.6 Å². The van der Waals surface area contributed by atoms with E-state index in [0.29, 0.717) is 12.2 Å². The van der Waals surface area contributed by atoms with Gasteiger partial charge in [-0.1, -0.05) is 42.4 Å². The van der Waals surface area contributed by atoms with Crippen LogP contribution in [0.3, 0.4) is 0 Å². The lowest BCUT2D eigenvalue weighted by Crippen LogP contribution is -2.42. The van der Waals surface area contributed by atoms with Crippen LogP contribution in [-0.4, -0.2) is 35.6 Å². The average molecular weight is 341 g/mol. The number of likely N-dealkylation sites (tertiary alicyclic amines) is 1. The summed E-state index contributed by atoms with van der Waals surface area (Å²) < 4.78 is 5.03. The van der Waals surface area contributed by atoms with Gasteiger partial charge in [0, 0.05) is 12.6 Å². The van der Waals surface area contributed by atoms with Crippen LogP contribution < -0.4 is 5.32 Å². The second-order valence-corrected chi connectivity index (χ2v) is 7.05. The van der Waals surface area contributed by atoms with Crippen molar-refractivity contribution in [3.63, 3.8) is 0 Å². The summed E-state index contributed by atoms with van der Waals surface area (Å²) in [6, 6.07) is 12.5. The Balaban J connectivity index is 1.62. The zero-order chi connectivity index (χ0) is 17.6. The van der Waals surface area contributed by atoms with Crippen LogP contribution in [0.5, 0.6) is 0 Å². The highest BCUT2D eigenvalue weighted by Gasteiger charge is 2.25. The molecule has 1 fully saturated rings. The summed E-state index contributed by atoms with van der Waals surface area (Å²) in [5.74, 6) is 1.50. The lowest BCUT2D eigenvalue weighted by Gasteiger charge is -2.37. The first kappa shape index (κ1) is 17.7.